The van der Waals surface area contributed by atoms with Crippen LogP contribution in [0.3, 0.4) is 0 Å². The maximum Gasteiger partial charge on any atom is 0.0858 e. The van der Waals surface area contributed by atoms with E-state index in [1.54, 1.807) is 17.2 Å². The Morgan fingerprint density at radius 1 is 1.00 bits per heavy atom. The maximum absolute atomic E-state index is 6.49. The molecule has 4 rings (SSSR count). The summed E-state index contributed by atoms with van der Waals surface area (Å²) in [7, 11) is 0. The molecular weight excluding hydrogens is 350 g/mol. The second-order valence-electron chi connectivity index (χ2n) is 6.06. The van der Waals surface area contributed by atoms with Crippen LogP contribution in [0.1, 0.15) is 5.56 Å². The Labute approximate surface area is 157 Å². The van der Waals surface area contributed by atoms with Gasteiger partial charge in [0.05, 0.1) is 31.3 Å². The quantitative estimate of drug-likeness (QED) is 0.747. The number of halogens is 1. The molecule has 2 heterocycles. The van der Waals surface area contributed by atoms with Crippen LogP contribution in [0.2, 0.25) is 5.02 Å². The van der Waals surface area contributed by atoms with Crippen LogP contribution in [0, 0.1) is 0 Å². The van der Waals surface area contributed by atoms with Crippen molar-refractivity contribution in [1.29, 1.82) is 0 Å². The summed E-state index contributed by atoms with van der Waals surface area (Å²) >= 11 is 6.49. The van der Waals surface area contributed by atoms with Crippen molar-refractivity contribution in [1.82, 2.24) is 15.0 Å². The molecule has 1 N–H and O–H groups in total. The summed E-state index contributed by atoms with van der Waals surface area (Å²) < 4.78 is 5.46. The highest BCUT2D eigenvalue weighted by Gasteiger charge is 2.16. The summed E-state index contributed by atoms with van der Waals surface area (Å²) in [6, 6.07) is 14.1. The fourth-order valence-corrected chi connectivity index (χ4v) is 3.31. The summed E-state index contributed by atoms with van der Waals surface area (Å²) in [6.45, 7) is 3.94. The highest BCUT2D eigenvalue weighted by atomic mass is 35.5. The number of aromatic nitrogens is 3. The van der Waals surface area contributed by atoms with Gasteiger partial charge in [-0.15, -0.1) is 0 Å². The van der Waals surface area contributed by atoms with Crippen molar-refractivity contribution in [2.45, 2.75) is 6.54 Å². The van der Waals surface area contributed by atoms with Crippen LogP contribution in [0.25, 0.3) is 5.69 Å². The lowest BCUT2D eigenvalue weighted by Gasteiger charge is -2.31. The van der Waals surface area contributed by atoms with E-state index in [0.29, 0.717) is 6.54 Å². The zero-order chi connectivity index (χ0) is 17.8. The van der Waals surface area contributed by atoms with Gasteiger partial charge in [-0.25, -0.2) is 0 Å². The van der Waals surface area contributed by atoms with E-state index in [9.17, 15) is 0 Å². The molecule has 0 aliphatic carbocycles. The number of hydrogen-bond acceptors (Lipinski definition) is 5. The van der Waals surface area contributed by atoms with Gasteiger partial charge in [0.25, 0.3) is 0 Å². The number of nitrogens with zero attached hydrogens (tertiary/aromatic N) is 4. The average Bonchev–Trinajstić information content (AvgIpc) is 3.23. The third kappa shape index (κ3) is 3.66. The highest BCUT2D eigenvalue weighted by molar-refractivity contribution is 6.31. The Hall–Kier alpha value is -2.57. The fourth-order valence-electron chi connectivity index (χ4n) is 3.07. The van der Waals surface area contributed by atoms with E-state index in [0.717, 1.165) is 48.3 Å². The fraction of sp³-hybridized carbons (Fsp3) is 0.263. The second-order valence-corrected chi connectivity index (χ2v) is 6.46. The molecule has 0 spiro atoms. The lowest BCUT2D eigenvalue weighted by molar-refractivity contribution is 0.122. The van der Waals surface area contributed by atoms with Gasteiger partial charge in [0.2, 0.25) is 0 Å². The van der Waals surface area contributed by atoms with Gasteiger partial charge in [0.1, 0.15) is 0 Å². The van der Waals surface area contributed by atoms with E-state index >= 15 is 0 Å². The lowest BCUT2D eigenvalue weighted by Crippen LogP contribution is -2.37. The number of benzene rings is 2. The Morgan fingerprint density at radius 2 is 1.73 bits per heavy atom. The molecular formula is C19H20ClN5O. The first-order valence-electron chi connectivity index (χ1n) is 8.62. The molecule has 7 heteroatoms. The summed E-state index contributed by atoms with van der Waals surface area (Å²) in [5, 5.41) is 12.5. The van der Waals surface area contributed by atoms with Gasteiger partial charge < -0.3 is 15.0 Å². The Balaban J connectivity index is 1.49. The largest absolute Gasteiger partial charge is 0.381 e. The van der Waals surface area contributed by atoms with E-state index in [1.807, 2.05) is 36.4 Å². The monoisotopic (exact) mass is 369 g/mol. The maximum atomic E-state index is 6.49. The van der Waals surface area contributed by atoms with Gasteiger partial charge in [-0.3, -0.25) is 0 Å². The van der Waals surface area contributed by atoms with E-state index in [2.05, 4.69) is 26.5 Å². The Kier molecular flexibility index (Phi) is 5.04. The van der Waals surface area contributed by atoms with Crippen molar-refractivity contribution < 1.29 is 4.74 Å². The number of nitrogens with one attached hydrogen (secondary N) is 1. The van der Waals surface area contributed by atoms with Gasteiger partial charge in [-0.1, -0.05) is 17.7 Å². The molecule has 1 saturated heterocycles. The lowest BCUT2D eigenvalue weighted by atomic mass is 10.1. The first-order chi connectivity index (χ1) is 12.8. The molecule has 6 nitrogen and oxygen atoms in total. The molecule has 0 amide bonds. The van der Waals surface area contributed by atoms with Gasteiger partial charge in [-0.05, 0) is 36.4 Å². The predicted molar refractivity (Wildman–Crippen MR) is 103 cm³/mol. The van der Waals surface area contributed by atoms with E-state index in [4.69, 9.17) is 16.3 Å². The molecule has 26 heavy (non-hydrogen) atoms. The first-order valence-corrected chi connectivity index (χ1v) is 9.00. The molecule has 1 fully saturated rings. The van der Waals surface area contributed by atoms with Crippen molar-refractivity contribution in [3.8, 4) is 5.69 Å². The summed E-state index contributed by atoms with van der Waals surface area (Å²) in [6.07, 6.45) is 3.33. The molecule has 0 unspecified atom stereocenters. The topological polar surface area (TPSA) is 55.2 Å². The van der Waals surface area contributed by atoms with Crippen LogP contribution >= 0.6 is 11.6 Å². The molecule has 3 aromatic rings. The number of anilines is 2. The zero-order valence-corrected chi connectivity index (χ0v) is 15.1. The average molecular weight is 370 g/mol. The Morgan fingerprint density at radius 3 is 2.46 bits per heavy atom. The molecule has 1 aliphatic rings. The van der Waals surface area contributed by atoms with Crippen LogP contribution in [-0.4, -0.2) is 41.3 Å². The predicted octanol–water partition coefficient (Wildman–Crippen LogP) is 3.37. The van der Waals surface area contributed by atoms with Gasteiger partial charge in [-0.2, -0.15) is 15.0 Å². The summed E-state index contributed by atoms with van der Waals surface area (Å²) in [4.78, 5) is 3.92. The number of hydrogen-bond donors (Lipinski definition) is 1. The van der Waals surface area contributed by atoms with E-state index in [1.165, 1.54) is 5.69 Å². The van der Waals surface area contributed by atoms with Crippen molar-refractivity contribution in [3.05, 3.63) is 65.4 Å². The van der Waals surface area contributed by atoms with Crippen LogP contribution in [-0.2, 0) is 11.3 Å². The van der Waals surface area contributed by atoms with Crippen LogP contribution in [0.4, 0.5) is 11.4 Å². The van der Waals surface area contributed by atoms with Crippen molar-refractivity contribution in [3.63, 3.8) is 0 Å². The van der Waals surface area contributed by atoms with Crippen LogP contribution < -0.4 is 10.2 Å². The standard InChI is InChI=1S/C19H20ClN5O/c20-18-2-1-3-19(24-10-12-26-13-11-24)17(18)14-21-15-4-6-16(7-5-15)25-22-8-9-23-25/h1-9,21H,10-14H2. The minimum atomic E-state index is 0.658. The van der Waals surface area contributed by atoms with Crippen molar-refractivity contribution in [2.75, 3.05) is 36.5 Å². The molecule has 2 aromatic carbocycles. The van der Waals surface area contributed by atoms with E-state index in [-0.39, 0.29) is 0 Å². The third-order valence-electron chi connectivity index (χ3n) is 4.43. The van der Waals surface area contributed by atoms with Crippen molar-refractivity contribution in [2.24, 2.45) is 0 Å². The van der Waals surface area contributed by atoms with Gasteiger partial charge in [0, 0.05) is 41.6 Å². The first kappa shape index (κ1) is 16.9. The minimum absolute atomic E-state index is 0.658. The normalized spacial score (nSPS) is 14.4. The van der Waals surface area contributed by atoms with Crippen molar-refractivity contribution >= 4 is 23.0 Å². The molecule has 0 atom stereocenters. The summed E-state index contributed by atoms with van der Waals surface area (Å²) in [5.74, 6) is 0. The number of rotatable bonds is 5. The van der Waals surface area contributed by atoms with Gasteiger partial charge in [0.15, 0.2) is 0 Å². The van der Waals surface area contributed by atoms with Crippen LogP contribution in [0.5, 0.6) is 0 Å². The number of ether oxygens (including phenoxy) is 1. The highest BCUT2D eigenvalue weighted by Crippen LogP contribution is 2.29. The van der Waals surface area contributed by atoms with E-state index < -0.39 is 0 Å². The van der Waals surface area contributed by atoms with Crippen LogP contribution in [0.15, 0.2) is 54.9 Å². The minimum Gasteiger partial charge on any atom is -0.381 e. The summed E-state index contributed by atoms with van der Waals surface area (Å²) in [5.41, 5.74) is 4.22. The molecule has 1 aliphatic heterocycles. The van der Waals surface area contributed by atoms with Gasteiger partial charge >= 0.3 is 0 Å². The second kappa shape index (κ2) is 7.76. The molecule has 1 aromatic heterocycles. The Bertz CT molecular complexity index is 845. The SMILES string of the molecule is Clc1cccc(N2CCOCC2)c1CNc1ccc(-n2nccn2)cc1. The molecule has 0 radical (unpaired) electrons. The third-order valence-corrected chi connectivity index (χ3v) is 4.79. The smallest absolute Gasteiger partial charge is 0.0858 e. The molecule has 0 bridgehead atoms. The zero-order valence-electron chi connectivity index (χ0n) is 14.3. The molecule has 134 valence electrons. The molecule has 0 saturated carbocycles. The number of morpholine rings is 1.